The fourth-order valence-electron chi connectivity index (χ4n) is 2.23. The van der Waals surface area contributed by atoms with Crippen molar-refractivity contribution < 1.29 is 9.59 Å². The van der Waals surface area contributed by atoms with Gasteiger partial charge >= 0.3 is 0 Å². The number of hydrogen-bond donors (Lipinski definition) is 1. The van der Waals surface area contributed by atoms with Gasteiger partial charge in [0.15, 0.2) is 0 Å². The van der Waals surface area contributed by atoms with Gasteiger partial charge in [-0.25, -0.2) is 4.98 Å². The summed E-state index contributed by atoms with van der Waals surface area (Å²) in [5.41, 5.74) is 0.831. The molecule has 2 rings (SSSR count). The second-order valence-electron chi connectivity index (χ2n) is 4.84. The molecule has 2 heterocycles. The Hall–Kier alpha value is -1.14. The standard InChI is InChI=1S/C13H18ClN3O2S/c1-3-17-7-9(6-11(17)18)13(19)15-5-4-10-16-8(2)12(14)20-10/h9H,3-7H2,1-2H3,(H,15,19)/t9-/m0/s1. The van der Waals surface area contributed by atoms with Gasteiger partial charge in [0, 0.05) is 32.5 Å². The molecule has 1 saturated heterocycles. The summed E-state index contributed by atoms with van der Waals surface area (Å²) in [7, 11) is 0. The summed E-state index contributed by atoms with van der Waals surface area (Å²) < 4.78 is 0.700. The smallest absolute Gasteiger partial charge is 0.225 e. The van der Waals surface area contributed by atoms with E-state index in [1.165, 1.54) is 11.3 Å². The quantitative estimate of drug-likeness (QED) is 0.898. The molecule has 5 nitrogen and oxygen atoms in total. The molecule has 20 heavy (non-hydrogen) atoms. The zero-order chi connectivity index (χ0) is 14.7. The van der Waals surface area contributed by atoms with Crippen LogP contribution in [0.5, 0.6) is 0 Å². The predicted octanol–water partition coefficient (Wildman–Crippen LogP) is 1.63. The summed E-state index contributed by atoms with van der Waals surface area (Å²) in [4.78, 5) is 29.6. The van der Waals surface area contributed by atoms with E-state index in [2.05, 4.69) is 10.3 Å². The number of carbonyl (C=O) groups is 2. The first kappa shape index (κ1) is 15.3. The number of amides is 2. The molecule has 1 fully saturated rings. The van der Waals surface area contributed by atoms with Crippen LogP contribution in [-0.4, -0.2) is 41.3 Å². The fraction of sp³-hybridized carbons (Fsp3) is 0.615. The van der Waals surface area contributed by atoms with E-state index >= 15 is 0 Å². The maximum absolute atomic E-state index is 12.0. The van der Waals surface area contributed by atoms with Gasteiger partial charge in [0.2, 0.25) is 11.8 Å². The monoisotopic (exact) mass is 315 g/mol. The van der Waals surface area contributed by atoms with Gasteiger partial charge < -0.3 is 10.2 Å². The normalized spacial score (nSPS) is 18.6. The molecule has 0 unspecified atom stereocenters. The minimum absolute atomic E-state index is 0.0475. The van der Waals surface area contributed by atoms with Gasteiger partial charge in [-0.3, -0.25) is 9.59 Å². The molecule has 0 aromatic carbocycles. The first-order valence-electron chi connectivity index (χ1n) is 6.68. The Morgan fingerprint density at radius 2 is 2.35 bits per heavy atom. The van der Waals surface area contributed by atoms with Crippen molar-refractivity contribution in [3.05, 3.63) is 15.0 Å². The predicted molar refractivity (Wildman–Crippen MR) is 78.9 cm³/mol. The highest BCUT2D eigenvalue weighted by Crippen LogP contribution is 2.23. The van der Waals surface area contributed by atoms with Gasteiger partial charge in [-0.05, 0) is 13.8 Å². The zero-order valence-corrected chi connectivity index (χ0v) is 13.2. The summed E-state index contributed by atoms with van der Waals surface area (Å²) in [6.07, 6.45) is 0.990. The van der Waals surface area contributed by atoms with Gasteiger partial charge in [-0.2, -0.15) is 0 Å². The number of aromatic nitrogens is 1. The molecule has 0 aliphatic carbocycles. The summed E-state index contributed by atoms with van der Waals surface area (Å²) in [6.45, 7) is 5.51. The molecule has 2 amide bonds. The minimum atomic E-state index is -0.218. The number of aryl methyl sites for hydroxylation is 1. The van der Waals surface area contributed by atoms with E-state index in [1.807, 2.05) is 13.8 Å². The molecular weight excluding hydrogens is 298 g/mol. The van der Waals surface area contributed by atoms with Crippen LogP contribution in [0.1, 0.15) is 24.0 Å². The highest BCUT2D eigenvalue weighted by atomic mass is 35.5. The van der Waals surface area contributed by atoms with Gasteiger partial charge in [0.25, 0.3) is 0 Å². The number of nitrogens with one attached hydrogen (secondary N) is 1. The first-order valence-corrected chi connectivity index (χ1v) is 7.88. The third-order valence-electron chi connectivity index (χ3n) is 3.39. The van der Waals surface area contributed by atoms with Crippen molar-refractivity contribution in [1.82, 2.24) is 15.2 Å². The second kappa shape index (κ2) is 6.54. The number of carbonyl (C=O) groups excluding carboxylic acids is 2. The van der Waals surface area contributed by atoms with E-state index in [4.69, 9.17) is 11.6 Å². The third-order valence-corrected chi connectivity index (χ3v) is 4.90. The molecule has 1 aliphatic rings. The minimum Gasteiger partial charge on any atom is -0.355 e. The maximum Gasteiger partial charge on any atom is 0.225 e. The molecule has 1 aliphatic heterocycles. The third kappa shape index (κ3) is 3.49. The molecule has 1 atom stereocenters. The molecule has 0 saturated carbocycles. The average molecular weight is 316 g/mol. The lowest BCUT2D eigenvalue weighted by Gasteiger charge is -2.13. The van der Waals surface area contributed by atoms with E-state index in [-0.39, 0.29) is 17.7 Å². The van der Waals surface area contributed by atoms with Crippen LogP contribution in [0, 0.1) is 12.8 Å². The SMILES string of the molecule is CCN1C[C@@H](C(=O)NCCc2nc(C)c(Cl)s2)CC1=O. The number of nitrogens with zero attached hydrogens (tertiary/aromatic N) is 2. The molecular formula is C13H18ClN3O2S. The highest BCUT2D eigenvalue weighted by molar-refractivity contribution is 7.16. The Morgan fingerprint density at radius 1 is 1.60 bits per heavy atom. The zero-order valence-electron chi connectivity index (χ0n) is 11.6. The van der Waals surface area contributed by atoms with E-state index in [0.717, 1.165) is 10.7 Å². The Labute approximate surface area is 127 Å². The first-order chi connectivity index (χ1) is 9.51. The summed E-state index contributed by atoms with van der Waals surface area (Å²) in [5.74, 6) is -0.201. The summed E-state index contributed by atoms with van der Waals surface area (Å²) in [6, 6.07) is 0. The van der Waals surface area contributed by atoms with Crippen molar-refractivity contribution >= 4 is 34.8 Å². The topological polar surface area (TPSA) is 62.3 Å². The summed E-state index contributed by atoms with van der Waals surface area (Å²) >= 11 is 7.39. The molecule has 1 N–H and O–H groups in total. The van der Waals surface area contributed by atoms with E-state index in [9.17, 15) is 9.59 Å². The Morgan fingerprint density at radius 3 is 2.90 bits per heavy atom. The highest BCUT2D eigenvalue weighted by Gasteiger charge is 2.33. The molecule has 7 heteroatoms. The van der Waals surface area contributed by atoms with Crippen LogP contribution in [0.15, 0.2) is 0 Å². The Bertz CT molecular complexity index is 498. The van der Waals surface area contributed by atoms with Crippen molar-refractivity contribution in [3.63, 3.8) is 0 Å². The second-order valence-corrected chi connectivity index (χ2v) is 6.53. The van der Waals surface area contributed by atoms with Crippen LogP contribution < -0.4 is 5.32 Å². The van der Waals surface area contributed by atoms with Gasteiger partial charge in [-0.1, -0.05) is 11.6 Å². The molecule has 110 valence electrons. The molecule has 0 spiro atoms. The molecule has 1 aromatic heterocycles. The van der Waals surface area contributed by atoms with Gasteiger partial charge in [0.1, 0.15) is 4.34 Å². The lowest BCUT2D eigenvalue weighted by Crippen LogP contribution is -2.34. The van der Waals surface area contributed by atoms with Crippen LogP contribution >= 0.6 is 22.9 Å². The average Bonchev–Trinajstić information content (AvgIpc) is 2.93. The Balaban J connectivity index is 1.77. The summed E-state index contributed by atoms with van der Waals surface area (Å²) in [5, 5.41) is 3.79. The van der Waals surface area contributed by atoms with Crippen LogP contribution in [0.25, 0.3) is 0 Å². The van der Waals surface area contributed by atoms with E-state index < -0.39 is 0 Å². The van der Waals surface area contributed by atoms with Crippen LogP contribution in [0.4, 0.5) is 0 Å². The van der Waals surface area contributed by atoms with Crippen molar-refractivity contribution in [2.75, 3.05) is 19.6 Å². The van der Waals surface area contributed by atoms with Crippen molar-refractivity contribution in [2.45, 2.75) is 26.7 Å². The number of hydrogen-bond acceptors (Lipinski definition) is 4. The fourth-order valence-corrected chi connectivity index (χ4v) is 3.32. The van der Waals surface area contributed by atoms with Crippen LogP contribution in [0.2, 0.25) is 4.34 Å². The van der Waals surface area contributed by atoms with Crippen molar-refractivity contribution in [2.24, 2.45) is 5.92 Å². The lowest BCUT2D eigenvalue weighted by atomic mass is 10.1. The van der Waals surface area contributed by atoms with Crippen molar-refractivity contribution in [3.8, 4) is 0 Å². The van der Waals surface area contributed by atoms with E-state index in [0.29, 0.717) is 36.8 Å². The lowest BCUT2D eigenvalue weighted by molar-refractivity contribution is -0.128. The van der Waals surface area contributed by atoms with Gasteiger partial charge in [-0.15, -0.1) is 11.3 Å². The molecule has 1 aromatic rings. The van der Waals surface area contributed by atoms with Crippen LogP contribution in [-0.2, 0) is 16.0 Å². The molecule has 0 bridgehead atoms. The Kier molecular flexibility index (Phi) is 4.99. The van der Waals surface area contributed by atoms with Gasteiger partial charge in [0.05, 0.1) is 16.6 Å². The van der Waals surface area contributed by atoms with Crippen LogP contribution in [0.3, 0.4) is 0 Å². The number of halogens is 1. The number of rotatable bonds is 5. The number of likely N-dealkylation sites (tertiary alicyclic amines) is 1. The maximum atomic E-state index is 12.0. The number of thiazole rings is 1. The largest absolute Gasteiger partial charge is 0.355 e. The van der Waals surface area contributed by atoms with E-state index in [1.54, 1.807) is 4.90 Å². The van der Waals surface area contributed by atoms with Crippen molar-refractivity contribution in [1.29, 1.82) is 0 Å². The molecule has 0 radical (unpaired) electrons.